The van der Waals surface area contributed by atoms with E-state index in [9.17, 15) is 4.79 Å². The zero-order valence-corrected chi connectivity index (χ0v) is 11.6. The molecule has 0 N–H and O–H groups in total. The van der Waals surface area contributed by atoms with E-state index in [2.05, 4.69) is 18.2 Å². The second kappa shape index (κ2) is 4.63. The maximum atomic E-state index is 12.2. The zero-order valence-electron chi connectivity index (χ0n) is 11.6. The maximum Gasteiger partial charge on any atom is 0.414 e. The quantitative estimate of drug-likeness (QED) is 0.700. The fourth-order valence-electron chi connectivity index (χ4n) is 2.19. The number of fused-ring (bicyclic) bond motifs is 1. The number of rotatable bonds is 0. The van der Waals surface area contributed by atoms with Crippen molar-refractivity contribution in [2.45, 2.75) is 46.1 Å². The highest BCUT2D eigenvalue weighted by molar-refractivity contribution is 5.89. The number of carbonyl (C=O) groups is 1. The first-order valence-corrected chi connectivity index (χ1v) is 6.47. The van der Waals surface area contributed by atoms with E-state index in [-0.39, 0.29) is 6.09 Å². The van der Waals surface area contributed by atoms with Crippen molar-refractivity contribution in [2.75, 3.05) is 11.4 Å². The number of anilines is 1. The van der Waals surface area contributed by atoms with Gasteiger partial charge in [0.1, 0.15) is 5.60 Å². The average Bonchev–Trinajstić information content (AvgIpc) is 2.25. The fourth-order valence-corrected chi connectivity index (χ4v) is 2.19. The van der Waals surface area contributed by atoms with E-state index in [0.29, 0.717) is 0 Å². The van der Waals surface area contributed by atoms with E-state index < -0.39 is 5.60 Å². The number of amides is 1. The summed E-state index contributed by atoms with van der Waals surface area (Å²) < 4.78 is 5.46. The Hall–Kier alpha value is -1.51. The van der Waals surface area contributed by atoms with Crippen LogP contribution in [0.1, 0.15) is 38.3 Å². The van der Waals surface area contributed by atoms with E-state index in [0.717, 1.165) is 25.1 Å². The number of ether oxygens (including phenoxy) is 1. The van der Waals surface area contributed by atoms with Gasteiger partial charge in [-0.25, -0.2) is 4.79 Å². The van der Waals surface area contributed by atoms with Crippen LogP contribution in [-0.2, 0) is 11.2 Å². The van der Waals surface area contributed by atoms with Gasteiger partial charge in [0.2, 0.25) is 0 Å². The van der Waals surface area contributed by atoms with Crippen molar-refractivity contribution < 1.29 is 9.53 Å². The van der Waals surface area contributed by atoms with Gasteiger partial charge in [0.15, 0.2) is 0 Å². The van der Waals surface area contributed by atoms with Crippen LogP contribution in [0.25, 0.3) is 0 Å². The van der Waals surface area contributed by atoms with E-state index in [1.807, 2.05) is 27.7 Å². The van der Waals surface area contributed by atoms with Gasteiger partial charge in [-0.1, -0.05) is 12.1 Å². The molecule has 1 amide bonds. The van der Waals surface area contributed by atoms with Crippen LogP contribution in [0.15, 0.2) is 18.2 Å². The highest BCUT2D eigenvalue weighted by Crippen LogP contribution is 2.29. The summed E-state index contributed by atoms with van der Waals surface area (Å²) >= 11 is 0. The molecule has 0 aromatic heterocycles. The van der Waals surface area contributed by atoms with Gasteiger partial charge in [-0.3, -0.25) is 4.90 Å². The summed E-state index contributed by atoms with van der Waals surface area (Å²) in [5.41, 5.74) is 2.97. The van der Waals surface area contributed by atoms with Crippen LogP contribution in [0, 0.1) is 6.92 Å². The van der Waals surface area contributed by atoms with E-state index in [1.54, 1.807) is 4.90 Å². The van der Waals surface area contributed by atoms with Crippen molar-refractivity contribution in [3.05, 3.63) is 29.3 Å². The first kappa shape index (κ1) is 12.9. The molecule has 1 aliphatic rings. The smallest absolute Gasteiger partial charge is 0.414 e. The van der Waals surface area contributed by atoms with Crippen LogP contribution in [0.3, 0.4) is 0 Å². The Balaban J connectivity index is 2.27. The average molecular weight is 247 g/mol. The SMILES string of the molecule is Cc1ccc2c(c1)N(C(=O)OC(C)(C)C)CCC2. The number of hydrogen-bond acceptors (Lipinski definition) is 2. The topological polar surface area (TPSA) is 29.5 Å². The molecule has 0 saturated carbocycles. The van der Waals surface area contributed by atoms with Crippen molar-refractivity contribution in [3.63, 3.8) is 0 Å². The minimum absolute atomic E-state index is 0.242. The lowest BCUT2D eigenvalue weighted by molar-refractivity contribution is 0.0578. The fraction of sp³-hybridized carbons (Fsp3) is 0.533. The summed E-state index contributed by atoms with van der Waals surface area (Å²) in [5, 5.41) is 0. The standard InChI is InChI=1S/C15H21NO2/c1-11-7-8-12-6-5-9-16(13(12)10-11)14(17)18-15(2,3)4/h7-8,10H,5-6,9H2,1-4H3. The lowest BCUT2D eigenvalue weighted by Crippen LogP contribution is -2.39. The number of carbonyl (C=O) groups excluding carboxylic acids is 1. The molecule has 0 fully saturated rings. The largest absolute Gasteiger partial charge is 0.443 e. The molecule has 0 radical (unpaired) electrons. The Bertz CT molecular complexity index is 460. The van der Waals surface area contributed by atoms with Gasteiger partial charge in [0.25, 0.3) is 0 Å². The second-order valence-corrected chi connectivity index (χ2v) is 5.87. The Morgan fingerprint density at radius 3 is 2.72 bits per heavy atom. The van der Waals surface area contributed by atoms with Gasteiger partial charge in [-0.05, 0) is 57.7 Å². The third kappa shape index (κ3) is 2.84. The molecule has 1 heterocycles. The number of nitrogens with zero attached hydrogens (tertiary/aromatic N) is 1. The summed E-state index contributed by atoms with van der Waals surface area (Å²) in [7, 11) is 0. The second-order valence-electron chi connectivity index (χ2n) is 5.87. The van der Waals surface area contributed by atoms with E-state index in [1.165, 1.54) is 11.1 Å². The van der Waals surface area contributed by atoms with Crippen molar-refractivity contribution in [1.29, 1.82) is 0 Å². The van der Waals surface area contributed by atoms with Crippen molar-refractivity contribution in [2.24, 2.45) is 0 Å². The molecular formula is C15H21NO2. The number of hydrogen-bond donors (Lipinski definition) is 0. The van der Waals surface area contributed by atoms with Crippen molar-refractivity contribution >= 4 is 11.8 Å². The lowest BCUT2D eigenvalue weighted by Gasteiger charge is -2.31. The number of aryl methyl sites for hydroxylation is 2. The van der Waals surface area contributed by atoms with Crippen LogP contribution in [-0.4, -0.2) is 18.2 Å². The first-order chi connectivity index (χ1) is 8.37. The molecular weight excluding hydrogens is 226 g/mol. The van der Waals surface area contributed by atoms with Gasteiger partial charge in [0.05, 0.1) is 5.69 Å². The summed E-state index contributed by atoms with van der Waals surface area (Å²) in [6, 6.07) is 6.27. The molecule has 0 atom stereocenters. The lowest BCUT2D eigenvalue weighted by atomic mass is 10.0. The van der Waals surface area contributed by atoms with Gasteiger partial charge >= 0.3 is 6.09 Å². The van der Waals surface area contributed by atoms with Crippen LogP contribution >= 0.6 is 0 Å². The van der Waals surface area contributed by atoms with Crippen LogP contribution in [0.5, 0.6) is 0 Å². The van der Waals surface area contributed by atoms with Gasteiger partial charge in [0, 0.05) is 6.54 Å². The highest BCUT2D eigenvalue weighted by Gasteiger charge is 2.27. The monoisotopic (exact) mass is 247 g/mol. The van der Waals surface area contributed by atoms with E-state index in [4.69, 9.17) is 4.74 Å². The molecule has 0 unspecified atom stereocenters. The third-order valence-electron chi connectivity index (χ3n) is 2.97. The van der Waals surface area contributed by atoms with E-state index >= 15 is 0 Å². The Morgan fingerprint density at radius 1 is 1.33 bits per heavy atom. The van der Waals surface area contributed by atoms with Gasteiger partial charge in [-0.15, -0.1) is 0 Å². The van der Waals surface area contributed by atoms with Crippen molar-refractivity contribution in [1.82, 2.24) is 0 Å². The first-order valence-electron chi connectivity index (χ1n) is 6.47. The molecule has 0 aliphatic carbocycles. The van der Waals surface area contributed by atoms with Crippen LogP contribution in [0.4, 0.5) is 10.5 Å². The number of benzene rings is 1. The molecule has 3 nitrogen and oxygen atoms in total. The molecule has 3 heteroatoms. The Kier molecular flexibility index (Phi) is 3.33. The Morgan fingerprint density at radius 2 is 2.06 bits per heavy atom. The zero-order chi connectivity index (χ0) is 13.3. The molecule has 0 spiro atoms. The normalized spacial score (nSPS) is 15.2. The molecule has 18 heavy (non-hydrogen) atoms. The highest BCUT2D eigenvalue weighted by atomic mass is 16.6. The summed E-state index contributed by atoms with van der Waals surface area (Å²) in [5.74, 6) is 0. The predicted molar refractivity (Wildman–Crippen MR) is 73.1 cm³/mol. The van der Waals surface area contributed by atoms with Gasteiger partial charge < -0.3 is 4.74 Å². The Labute approximate surface area is 109 Å². The van der Waals surface area contributed by atoms with Gasteiger partial charge in [-0.2, -0.15) is 0 Å². The maximum absolute atomic E-state index is 12.2. The molecule has 2 rings (SSSR count). The molecule has 1 aromatic carbocycles. The summed E-state index contributed by atoms with van der Waals surface area (Å²) in [4.78, 5) is 14.0. The predicted octanol–water partition coefficient (Wildman–Crippen LogP) is 3.68. The molecule has 1 aromatic rings. The summed E-state index contributed by atoms with van der Waals surface area (Å²) in [6.07, 6.45) is 1.79. The minimum atomic E-state index is -0.446. The summed E-state index contributed by atoms with van der Waals surface area (Å²) in [6.45, 7) is 8.47. The molecule has 98 valence electrons. The minimum Gasteiger partial charge on any atom is -0.443 e. The molecule has 0 saturated heterocycles. The molecule has 1 aliphatic heterocycles. The van der Waals surface area contributed by atoms with Crippen LogP contribution in [0.2, 0.25) is 0 Å². The van der Waals surface area contributed by atoms with Crippen molar-refractivity contribution in [3.8, 4) is 0 Å². The molecule has 0 bridgehead atoms. The third-order valence-corrected chi connectivity index (χ3v) is 2.97. The van der Waals surface area contributed by atoms with Crippen LogP contribution < -0.4 is 4.90 Å².